The van der Waals surface area contributed by atoms with E-state index in [9.17, 15) is 9.59 Å². The summed E-state index contributed by atoms with van der Waals surface area (Å²) in [6, 6.07) is 12.6. The number of hydrogen-bond acceptors (Lipinski definition) is 4. The summed E-state index contributed by atoms with van der Waals surface area (Å²) < 4.78 is 5.81. The minimum atomic E-state index is -0.254. The van der Waals surface area contributed by atoms with Crippen molar-refractivity contribution in [1.82, 2.24) is 4.98 Å². The Labute approximate surface area is 179 Å². The molecular formula is C23H24ClN3O3. The van der Waals surface area contributed by atoms with Crippen molar-refractivity contribution in [1.29, 1.82) is 0 Å². The number of halogens is 1. The minimum absolute atomic E-state index is 0.136. The SMILES string of the molecule is CC(=O)Nc1cccc(N[C@@H](C)c2cc3cc(Cl)c(OCC4CC4)cc3[nH]c2=O)c1. The van der Waals surface area contributed by atoms with E-state index in [4.69, 9.17) is 16.3 Å². The highest BCUT2D eigenvalue weighted by Gasteiger charge is 2.22. The van der Waals surface area contributed by atoms with E-state index in [-0.39, 0.29) is 17.5 Å². The lowest BCUT2D eigenvalue weighted by molar-refractivity contribution is -0.114. The fourth-order valence-corrected chi connectivity index (χ4v) is 3.59. The van der Waals surface area contributed by atoms with E-state index in [0.717, 1.165) is 11.1 Å². The Morgan fingerprint density at radius 1 is 1.23 bits per heavy atom. The third-order valence-corrected chi connectivity index (χ3v) is 5.42. The topological polar surface area (TPSA) is 83.2 Å². The van der Waals surface area contributed by atoms with E-state index in [1.807, 2.05) is 43.3 Å². The molecule has 2 aromatic carbocycles. The van der Waals surface area contributed by atoms with Crippen LogP contribution in [0.5, 0.6) is 5.75 Å². The van der Waals surface area contributed by atoms with Gasteiger partial charge in [0.1, 0.15) is 5.75 Å². The van der Waals surface area contributed by atoms with E-state index in [1.54, 1.807) is 6.07 Å². The average molecular weight is 426 g/mol. The van der Waals surface area contributed by atoms with Crippen molar-refractivity contribution in [3.05, 3.63) is 63.4 Å². The zero-order valence-corrected chi connectivity index (χ0v) is 17.7. The molecule has 1 heterocycles. The number of anilines is 2. The molecule has 1 aromatic heterocycles. The van der Waals surface area contributed by atoms with E-state index >= 15 is 0 Å². The van der Waals surface area contributed by atoms with Gasteiger partial charge in [0.25, 0.3) is 5.56 Å². The lowest BCUT2D eigenvalue weighted by Gasteiger charge is -2.17. The molecule has 0 bridgehead atoms. The summed E-state index contributed by atoms with van der Waals surface area (Å²) in [5.74, 6) is 1.08. The van der Waals surface area contributed by atoms with Crippen molar-refractivity contribution in [3.63, 3.8) is 0 Å². The van der Waals surface area contributed by atoms with E-state index in [0.29, 0.717) is 40.1 Å². The molecule has 3 aromatic rings. The van der Waals surface area contributed by atoms with Gasteiger partial charge in [0.15, 0.2) is 0 Å². The number of rotatable bonds is 7. The Bertz CT molecular complexity index is 1150. The number of aromatic nitrogens is 1. The molecule has 3 N–H and O–H groups in total. The van der Waals surface area contributed by atoms with Crippen molar-refractivity contribution in [3.8, 4) is 5.75 Å². The van der Waals surface area contributed by atoms with Gasteiger partial charge in [-0.15, -0.1) is 0 Å². The molecular weight excluding hydrogens is 402 g/mol. The van der Waals surface area contributed by atoms with Crippen molar-refractivity contribution >= 4 is 39.8 Å². The molecule has 0 unspecified atom stereocenters. The molecule has 0 saturated heterocycles. The summed E-state index contributed by atoms with van der Waals surface area (Å²) in [5, 5.41) is 7.44. The number of benzene rings is 2. The Hall–Kier alpha value is -2.99. The van der Waals surface area contributed by atoms with Gasteiger partial charge in [-0.2, -0.15) is 0 Å². The zero-order valence-electron chi connectivity index (χ0n) is 16.9. The molecule has 7 heteroatoms. The maximum atomic E-state index is 12.7. The normalized spacial score (nSPS) is 14.4. The Morgan fingerprint density at radius 3 is 2.73 bits per heavy atom. The molecule has 1 fully saturated rings. The van der Waals surface area contributed by atoms with Crippen LogP contribution in [0.1, 0.15) is 38.3 Å². The first-order valence-electron chi connectivity index (χ1n) is 10.0. The largest absolute Gasteiger partial charge is 0.492 e. The zero-order chi connectivity index (χ0) is 21.3. The fraction of sp³-hybridized carbons (Fsp3) is 0.304. The van der Waals surface area contributed by atoms with Gasteiger partial charge < -0.3 is 20.4 Å². The molecule has 0 radical (unpaired) electrons. The van der Waals surface area contributed by atoms with Crippen LogP contribution in [0.15, 0.2) is 47.3 Å². The molecule has 0 aliphatic heterocycles. The monoisotopic (exact) mass is 425 g/mol. The van der Waals surface area contributed by atoms with Crippen LogP contribution >= 0.6 is 11.6 Å². The standard InChI is InChI=1S/C23H24ClN3O3/c1-13(25-17-4-3-5-18(10-17)26-14(2)28)19-8-16-9-20(24)22(30-12-15-6-7-15)11-21(16)27-23(19)29/h3-5,8-11,13,15,25H,6-7,12H2,1-2H3,(H,26,28)(H,27,29)/t13-/m0/s1. The molecule has 1 amide bonds. The van der Waals surface area contributed by atoms with E-state index < -0.39 is 0 Å². The maximum Gasteiger partial charge on any atom is 0.253 e. The molecule has 1 aliphatic rings. The van der Waals surface area contributed by atoms with Crippen LogP contribution in [-0.2, 0) is 4.79 Å². The van der Waals surface area contributed by atoms with E-state index in [1.165, 1.54) is 19.8 Å². The van der Waals surface area contributed by atoms with Crippen LogP contribution in [0, 0.1) is 5.92 Å². The molecule has 0 spiro atoms. The summed E-state index contributed by atoms with van der Waals surface area (Å²) in [5.41, 5.74) is 2.61. The van der Waals surface area contributed by atoms with Gasteiger partial charge in [-0.05, 0) is 56.0 Å². The summed E-state index contributed by atoms with van der Waals surface area (Å²) in [6.45, 7) is 4.03. The Kier molecular flexibility index (Phi) is 5.68. The van der Waals surface area contributed by atoms with E-state index in [2.05, 4.69) is 15.6 Å². The van der Waals surface area contributed by atoms with Crippen LogP contribution in [0.3, 0.4) is 0 Å². The number of carbonyl (C=O) groups excluding carboxylic acids is 1. The van der Waals surface area contributed by atoms with Crippen LogP contribution in [0.4, 0.5) is 11.4 Å². The maximum absolute atomic E-state index is 12.7. The quantitative estimate of drug-likeness (QED) is 0.491. The Balaban J connectivity index is 1.57. The van der Waals surface area contributed by atoms with Crippen molar-refractivity contribution < 1.29 is 9.53 Å². The second-order valence-electron chi connectivity index (χ2n) is 7.81. The molecule has 30 heavy (non-hydrogen) atoms. The summed E-state index contributed by atoms with van der Waals surface area (Å²) in [6.07, 6.45) is 2.40. The predicted molar refractivity (Wildman–Crippen MR) is 121 cm³/mol. The first kappa shape index (κ1) is 20.3. The number of amides is 1. The number of H-pyrrole nitrogens is 1. The Morgan fingerprint density at radius 2 is 2.00 bits per heavy atom. The predicted octanol–water partition coefficient (Wildman–Crippen LogP) is 5.10. The number of carbonyl (C=O) groups is 1. The second-order valence-corrected chi connectivity index (χ2v) is 8.21. The molecule has 1 atom stereocenters. The van der Waals surface area contributed by atoms with Gasteiger partial charge in [-0.25, -0.2) is 0 Å². The highest BCUT2D eigenvalue weighted by atomic mass is 35.5. The van der Waals surface area contributed by atoms with Gasteiger partial charge in [0.05, 0.1) is 23.2 Å². The number of nitrogens with one attached hydrogen (secondary N) is 3. The van der Waals surface area contributed by atoms with Gasteiger partial charge >= 0.3 is 0 Å². The van der Waals surface area contributed by atoms with Crippen LogP contribution in [0.25, 0.3) is 10.9 Å². The molecule has 156 valence electrons. The second kappa shape index (κ2) is 8.40. The molecule has 6 nitrogen and oxygen atoms in total. The molecule has 1 saturated carbocycles. The van der Waals surface area contributed by atoms with Gasteiger partial charge in [-0.1, -0.05) is 17.7 Å². The van der Waals surface area contributed by atoms with Crippen molar-refractivity contribution in [2.75, 3.05) is 17.2 Å². The van der Waals surface area contributed by atoms with Crippen LogP contribution in [-0.4, -0.2) is 17.5 Å². The number of hydrogen-bond donors (Lipinski definition) is 3. The smallest absolute Gasteiger partial charge is 0.253 e. The summed E-state index contributed by atoms with van der Waals surface area (Å²) in [7, 11) is 0. The first-order valence-corrected chi connectivity index (χ1v) is 10.4. The van der Waals surface area contributed by atoms with Crippen LogP contribution < -0.4 is 20.9 Å². The third-order valence-electron chi connectivity index (χ3n) is 5.13. The number of fused-ring (bicyclic) bond motifs is 1. The number of pyridine rings is 1. The van der Waals surface area contributed by atoms with Gasteiger partial charge in [0, 0.05) is 35.3 Å². The first-order chi connectivity index (χ1) is 14.4. The minimum Gasteiger partial charge on any atom is -0.492 e. The lowest BCUT2D eigenvalue weighted by atomic mass is 10.1. The average Bonchev–Trinajstić information content (AvgIpc) is 3.50. The van der Waals surface area contributed by atoms with Crippen LogP contribution in [0.2, 0.25) is 5.02 Å². The number of ether oxygens (including phenoxy) is 1. The third kappa shape index (κ3) is 4.76. The van der Waals surface area contributed by atoms with Gasteiger partial charge in [-0.3, -0.25) is 9.59 Å². The highest BCUT2D eigenvalue weighted by Crippen LogP contribution is 2.34. The van der Waals surface area contributed by atoms with Crippen molar-refractivity contribution in [2.24, 2.45) is 5.92 Å². The molecule has 4 rings (SSSR count). The summed E-state index contributed by atoms with van der Waals surface area (Å²) >= 11 is 6.40. The lowest BCUT2D eigenvalue weighted by Crippen LogP contribution is -2.19. The van der Waals surface area contributed by atoms with Crippen molar-refractivity contribution in [2.45, 2.75) is 32.7 Å². The summed E-state index contributed by atoms with van der Waals surface area (Å²) in [4.78, 5) is 26.9. The van der Waals surface area contributed by atoms with Gasteiger partial charge in [0.2, 0.25) is 5.91 Å². The highest BCUT2D eigenvalue weighted by molar-refractivity contribution is 6.32. The fourth-order valence-electron chi connectivity index (χ4n) is 3.37. The molecule has 1 aliphatic carbocycles. The number of aromatic amines is 1.